The topological polar surface area (TPSA) is 80.3 Å². The predicted octanol–water partition coefficient (Wildman–Crippen LogP) is 2.49. The average molecular weight is 334 g/mol. The molecular weight excluding hydrogens is 312 g/mol. The third-order valence-electron chi connectivity index (χ3n) is 5.44. The average Bonchev–Trinajstić information content (AvgIpc) is 3.24. The normalized spacial score (nSPS) is 20.6. The Bertz CT molecular complexity index is 900. The molecule has 3 aromatic rings. The van der Waals surface area contributed by atoms with E-state index in [2.05, 4.69) is 44.3 Å². The maximum absolute atomic E-state index is 6.26. The summed E-state index contributed by atoms with van der Waals surface area (Å²) in [6.07, 6.45) is 6.93. The fourth-order valence-electron chi connectivity index (χ4n) is 4.19. The van der Waals surface area contributed by atoms with Crippen molar-refractivity contribution in [2.45, 2.75) is 31.2 Å². The fourth-order valence-corrected chi connectivity index (χ4v) is 4.19. The lowest BCUT2D eigenvalue weighted by atomic mass is 9.97. The van der Waals surface area contributed by atoms with Crippen LogP contribution in [0.5, 0.6) is 0 Å². The number of nitrogens with one attached hydrogen (secondary N) is 2. The molecule has 0 amide bonds. The SMILES string of the molecule is Nc1nccn2c(C3CCNCC3)nc(C3Cc4ccccc4N3)c12. The van der Waals surface area contributed by atoms with Crippen LogP contribution in [0.15, 0.2) is 36.7 Å². The lowest BCUT2D eigenvalue weighted by molar-refractivity contribution is 0.443. The van der Waals surface area contributed by atoms with Crippen molar-refractivity contribution in [3.8, 4) is 0 Å². The summed E-state index contributed by atoms with van der Waals surface area (Å²) in [5, 5.41) is 7.05. The summed E-state index contributed by atoms with van der Waals surface area (Å²) < 4.78 is 2.16. The van der Waals surface area contributed by atoms with E-state index in [-0.39, 0.29) is 6.04 Å². The van der Waals surface area contributed by atoms with Crippen LogP contribution in [-0.4, -0.2) is 27.5 Å². The molecule has 5 rings (SSSR count). The molecule has 6 nitrogen and oxygen atoms in total. The van der Waals surface area contributed by atoms with Crippen LogP contribution in [0.2, 0.25) is 0 Å². The minimum absolute atomic E-state index is 0.148. The fraction of sp³-hybridized carbons (Fsp3) is 0.368. The van der Waals surface area contributed by atoms with Gasteiger partial charge in [-0.3, -0.25) is 4.40 Å². The molecule has 0 radical (unpaired) electrons. The molecule has 0 saturated carbocycles. The Kier molecular flexibility index (Phi) is 3.38. The molecule has 0 bridgehead atoms. The molecule has 2 aliphatic heterocycles. The number of aromatic nitrogens is 3. The van der Waals surface area contributed by atoms with Crippen LogP contribution in [0.25, 0.3) is 5.52 Å². The summed E-state index contributed by atoms with van der Waals surface area (Å²) in [7, 11) is 0. The second-order valence-corrected chi connectivity index (χ2v) is 6.97. The third-order valence-corrected chi connectivity index (χ3v) is 5.44. The molecular formula is C19H22N6. The number of nitrogens with zero attached hydrogens (tertiary/aromatic N) is 3. The number of nitrogen functional groups attached to an aromatic ring is 1. The standard InChI is InChI=1S/C19H22N6/c20-18-17-16(15-11-13-3-1-2-4-14(13)23-15)24-19(25(17)10-9-22-18)12-5-7-21-8-6-12/h1-4,9-10,12,15,21,23H,5-8,11H2,(H2,20,22). The maximum Gasteiger partial charge on any atom is 0.149 e. The summed E-state index contributed by atoms with van der Waals surface area (Å²) in [5.74, 6) is 2.15. The van der Waals surface area contributed by atoms with Gasteiger partial charge in [-0.1, -0.05) is 18.2 Å². The van der Waals surface area contributed by atoms with Gasteiger partial charge in [-0.15, -0.1) is 0 Å². The minimum atomic E-state index is 0.148. The van der Waals surface area contributed by atoms with Crippen molar-refractivity contribution in [3.63, 3.8) is 0 Å². The highest BCUT2D eigenvalue weighted by atomic mass is 15.1. The van der Waals surface area contributed by atoms with E-state index < -0.39 is 0 Å². The molecule has 6 heteroatoms. The minimum Gasteiger partial charge on any atom is -0.382 e. The third kappa shape index (κ3) is 2.36. The van der Waals surface area contributed by atoms with Crippen LogP contribution in [0.3, 0.4) is 0 Å². The highest BCUT2D eigenvalue weighted by Gasteiger charge is 2.30. The highest BCUT2D eigenvalue weighted by molar-refractivity contribution is 5.72. The van der Waals surface area contributed by atoms with Gasteiger partial charge in [0.25, 0.3) is 0 Å². The number of hydrogen-bond donors (Lipinski definition) is 3. The molecule has 0 aliphatic carbocycles. The van der Waals surface area contributed by atoms with Gasteiger partial charge in [-0.25, -0.2) is 9.97 Å². The smallest absolute Gasteiger partial charge is 0.149 e. The molecule has 1 fully saturated rings. The van der Waals surface area contributed by atoms with E-state index in [0.717, 1.165) is 49.4 Å². The maximum atomic E-state index is 6.26. The van der Waals surface area contributed by atoms with E-state index in [9.17, 15) is 0 Å². The molecule has 1 unspecified atom stereocenters. The van der Waals surface area contributed by atoms with Crippen molar-refractivity contribution in [2.24, 2.45) is 0 Å². The molecule has 25 heavy (non-hydrogen) atoms. The number of nitrogens with two attached hydrogens (primary N) is 1. The van der Waals surface area contributed by atoms with Gasteiger partial charge < -0.3 is 16.4 Å². The Morgan fingerprint density at radius 1 is 1.16 bits per heavy atom. The number of fused-ring (bicyclic) bond motifs is 2. The summed E-state index contributed by atoms with van der Waals surface area (Å²) in [4.78, 5) is 9.42. The molecule has 1 saturated heterocycles. The molecule has 2 aromatic heterocycles. The van der Waals surface area contributed by atoms with E-state index >= 15 is 0 Å². The number of rotatable bonds is 2. The second kappa shape index (κ2) is 5.74. The van der Waals surface area contributed by atoms with Crippen LogP contribution in [0.4, 0.5) is 11.5 Å². The van der Waals surface area contributed by atoms with E-state index in [0.29, 0.717) is 11.7 Å². The van der Waals surface area contributed by atoms with E-state index in [4.69, 9.17) is 10.7 Å². The van der Waals surface area contributed by atoms with Crippen LogP contribution in [-0.2, 0) is 6.42 Å². The number of hydrogen-bond acceptors (Lipinski definition) is 5. The van der Waals surface area contributed by atoms with Crippen molar-refractivity contribution >= 4 is 17.0 Å². The molecule has 1 aromatic carbocycles. The van der Waals surface area contributed by atoms with Gasteiger partial charge in [0.2, 0.25) is 0 Å². The first kappa shape index (κ1) is 14.7. The quantitative estimate of drug-likeness (QED) is 0.671. The lowest BCUT2D eigenvalue weighted by Gasteiger charge is -2.21. The van der Waals surface area contributed by atoms with Gasteiger partial charge in [-0.2, -0.15) is 0 Å². The summed E-state index contributed by atoms with van der Waals surface area (Å²) >= 11 is 0. The van der Waals surface area contributed by atoms with Gasteiger partial charge in [0.05, 0.1) is 11.7 Å². The Balaban J connectivity index is 1.61. The Morgan fingerprint density at radius 2 is 2.00 bits per heavy atom. The molecule has 2 aliphatic rings. The van der Waals surface area contributed by atoms with Crippen LogP contribution >= 0.6 is 0 Å². The molecule has 4 heterocycles. The number of para-hydroxylation sites is 1. The van der Waals surface area contributed by atoms with E-state index in [1.807, 2.05) is 6.20 Å². The van der Waals surface area contributed by atoms with Gasteiger partial charge in [-0.05, 0) is 37.6 Å². The zero-order chi connectivity index (χ0) is 16.8. The summed E-state index contributed by atoms with van der Waals surface area (Å²) in [6.45, 7) is 2.09. The molecule has 1 atom stereocenters. The summed E-state index contributed by atoms with van der Waals surface area (Å²) in [5.41, 5.74) is 10.8. The molecule has 0 spiro atoms. The first-order valence-corrected chi connectivity index (χ1v) is 8.99. The number of piperidine rings is 1. The van der Waals surface area contributed by atoms with Crippen LogP contribution < -0.4 is 16.4 Å². The largest absolute Gasteiger partial charge is 0.382 e. The zero-order valence-corrected chi connectivity index (χ0v) is 14.1. The molecule has 128 valence electrons. The first-order valence-electron chi connectivity index (χ1n) is 8.99. The lowest BCUT2D eigenvalue weighted by Crippen LogP contribution is -2.27. The highest BCUT2D eigenvalue weighted by Crippen LogP contribution is 2.38. The number of benzene rings is 1. The van der Waals surface area contributed by atoms with Gasteiger partial charge in [0.15, 0.2) is 0 Å². The Morgan fingerprint density at radius 3 is 2.84 bits per heavy atom. The van der Waals surface area contributed by atoms with Crippen molar-refractivity contribution < 1.29 is 0 Å². The van der Waals surface area contributed by atoms with E-state index in [1.54, 1.807) is 6.20 Å². The van der Waals surface area contributed by atoms with Gasteiger partial charge >= 0.3 is 0 Å². The first-order chi connectivity index (χ1) is 12.3. The summed E-state index contributed by atoms with van der Waals surface area (Å²) in [6, 6.07) is 8.61. The van der Waals surface area contributed by atoms with Crippen molar-refractivity contribution in [1.82, 2.24) is 19.7 Å². The van der Waals surface area contributed by atoms with Crippen molar-refractivity contribution in [2.75, 3.05) is 24.1 Å². The van der Waals surface area contributed by atoms with Crippen molar-refractivity contribution in [1.29, 1.82) is 0 Å². The Hall–Kier alpha value is -2.60. The second-order valence-electron chi connectivity index (χ2n) is 6.97. The monoisotopic (exact) mass is 334 g/mol. The van der Waals surface area contributed by atoms with Gasteiger partial charge in [0.1, 0.15) is 17.2 Å². The van der Waals surface area contributed by atoms with Crippen molar-refractivity contribution in [3.05, 3.63) is 53.7 Å². The molecule has 4 N–H and O–H groups in total. The van der Waals surface area contributed by atoms with Gasteiger partial charge in [0, 0.05) is 30.4 Å². The number of imidazole rings is 1. The van der Waals surface area contributed by atoms with Crippen LogP contribution in [0, 0.1) is 0 Å². The zero-order valence-electron chi connectivity index (χ0n) is 14.1. The number of anilines is 2. The Labute approximate surface area is 146 Å². The predicted molar refractivity (Wildman–Crippen MR) is 98.8 cm³/mol. The van der Waals surface area contributed by atoms with Crippen LogP contribution in [0.1, 0.15) is 41.9 Å². The van der Waals surface area contributed by atoms with E-state index in [1.165, 1.54) is 11.3 Å².